The largest absolute Gasteiger partial charge is 0.444 e. The summed E-state index contributed by atoms with van der Waals surface area (Å²) < 4.78 is 5.76. The Labute approximate surface area is 91.1 Å². The van der Waals surface area contributed by atoms with Crippen LogP contribution in [0, 0.1) is 0 Å². The highest BCUT2D eigenvalue weighted by molar-refractivity contribution is 5.20. The van der Waals surface area contributed by atoms with Gasteiger partial charge in [0.15, 0.2) is 5.89 Å². The minimum absolute atomic E-state index is 0.0280. The van der Waals surface area contributed by atoms with Crippen LogP contribution in [-0.4, -0.2) is 4.98 Å². The molecule has 3 heteroatoms. The SMILES string of the molecule is CC(C)(C)c1nc(C2CCC2)oc1CN. The van der Waals surface area contributed by atoms with Gasteiger partial charge in [0.25, 0.3) is 0 Å². The van der Waals surface area contributed by atoms with Gasteiger partial charge < -0.3 is 10.2 Å². The molecule has 0 saturated heterocycles. The molecule has 1 fully saturated rings. The lowest BCUT2D eigenvalue weighted by molar-refractivity contribution is 0.325. The Morgan fingerprint density at radius 1 is 1.40 bits per heavy atom. The van der Waals surface area contributed by atoms with Crippen molar-refractivity contribution in [3.8, 4) is 0 Å². The highest BCUT2D eigenvalue weighted by Gasteiger charge is 2.29. The Balaban J connectivity index is 2.32. The molecule has 1 aromatic heterocycles. The molecule has 0 spiro atoms. The average Bonchev–Trinajstić information content (AvgIpc) is 2.44. The van der Waals surface area contributed by atoms with E-state index in [4.69, 9.17) is 10.2 Å². The minimum Gasteiger partial charge on any atom is -0.444 e. The monoisotopic (exact) mass is 208 g/mol. The number of nitrogens with zero attached hydrogens (tertiary/aromatic N) is 1. The normalized spacial score (nSPS) is 17.9. The summed E-state index contributed by atoms with van der Waals surface area (Å²) in [5.41, 5.74) is 6.75. The highest BCUT2D eigenvalue weighted by atomic mass is 16.4. The molecule has 0 aromatic carbocycles. The second-order valence-corrected chi connectivity index (χ2v) is 5.41. The summed E-state index contributed by atoms with van der Waals surface area (Å²) in [6.07, 6.45) is 3.73. The topological polar surface area (TPSA) is 52.0 Å². The molecule has 0 bridgehead atoms. The van der Waals surface area contributed by atoms with E-state index in [9.17, 15) is 0 Å². The number of aromatic nitrogens is 1. The first-order valence-corrected chi connectivity index (χ1v) is 5.72. The van der Waals surface area contributed by atoms with Crippen molar-refractivity contribution < 1.29 is 4.42 Å². The van der Waals surface area contributed by atoms with Gasteiger partial charge in [-0.2, -0.15) is 0 Å². The van der Waals surface area contributed by atoms with Crippen molar-refractivity contribution in [2.75, 3.05) is 0 Å². The van der Waals surface area contributed by atoms with Gasteiger partial charge in [-0.1, -0.05) is 27.2 Å². The van der Waals surface area contributed by atoms with Crippen molar-refractivity contribution in [3.05, 3.63) is 17.3 Å². The van der Waals surface area contributed by atoms with Gasteiger partial charge in [0.2, 0.25) is 0 Å². The van der Waals surface area contributed by atoms with Crippen LogP contribution in [-0.2, 0) is 12.0 Å². The second kappa shape index (κ2) is 3.63. The molecule has 0 aliphatic heterocycles. The van der Waals surface area contributed by atoms with Crippen LogP contribution in [0.4, 0.5) is 0 Å². The lowest BCUT2D eigenvalue weighted by atomic mass is 9.85. The number of rotatable bonds is 2. The van der Waals surface area contributed by atoms with Gasteiger partial charge in [-0.3, -0.25) is 0 Å². The first kappa shape index (κ1) is 10.7. The summed E-state index contributed by atoms with van der Waals surface area (Å²) in [7, 11) is 0. The van der Waals surface area contributed by atoms with Crippen LogP contribution in [0.25, 0.3) is 0 Å². The molecule has 2 rings (SSSR count). The molecule has 2 N–H and O–H groups in total. The molecule has 0 unspecified atom stereocenters. The van der Waals surface area contributed by atoms with E-state index in [2.05, 4.69) is 25.8 Å². The van der Waals surface area contributed by atoms with Crippen molar-refractivity contribution in [2.45, 2.75) is 57.9 Å². The highest BCUT2D eigenvalue weighted by Crippen LogP contribution is 2.38. The fraction of sp³-hybridized carbons (Fsp3) is 0.750. The summed E-state index contributed by atoms with van der Waals surface area (Å²) >= 11 is 0. The quantitative estimate of drug-likeness (QED) is 0.813. The Hall–Kier alpha value is -0.830. The molecular formula is C12H20N2O. The van der Waals surface area contributed by atoms with Gasteiger partial charge in [0.1, 0.15) is 5.76 Å². The zero-order chi connectivity index (χ0) is 11.1. The zero-order valence-electron chi connectivity index (χ0n) is 9.84. The van der Waals surface area contributed by atoms with E-state index >= 15 is 0 Å². The fourth-order valence-corrected chi connectivity index (χ4v) is 1.92. The Morgan fingerprint density at radius 3 is 2.40 bits per heavy atom. The van der Waals surface area contributed by atoms with Gasteiger partial charge in [-0.15, -0.1) is 0 Å². The molecular weight excluding hydrogens is 188 g/mol. The van der Waals surface area contributed by atoms with E-state index in [1.54, 1.807) is 0 Å². The number of nitrogens with two attached hydrogens (primary N) is 1. The van der Waals surface area contributed by atoms with Gasteiger partial charge in [-0.25, -0.2) is 4.98 Å². The van der Waals surface area contributed by atoms with Crippen molar-refractivity contribution >= 4 is 0 Å². The van der Waals surface area contributed by atoms with Gasteiger partial charge in [0.05, 0.1) is 12.2 Å². The lowest BCUT2D eigenvalue weighted by Crippen LogP contribution is -2.16. The lowest BCUT2D eigenvalue weighted by Gasteiger charge is -2.21. The second-order valence-electron chi connectivity index (χ2n) is 5.41. The first-order chi connectivity index (χ1) is 7.02. The van der Waals surface area contributed by atoms with Crippen molar-refractivity contribution in [1.82, 2.24) is 4.98 Å². The predicted octanol–water partition coefficient (Wildman–Crippen LogP) is 2.70. The van der Waals surface area contributed by atoms with Crippen LogP contribution >= 0.6 is 0 Å². The molecule has 0 radical (unpaired) electrons. The van der Waals surface area contributed by atoms with Crippen LogP contribution < -0.4 is 5.73 Å². The molecule has 1 aromatic rings. The molecule has 1 saturated carbocycles. The standard InChI is InChI=1S/C12H20N2O/c1-12(2,3)10-9(7-13)15-11(14-10)8-5-4-6-8/h8H,4-7,13H2,1-3H3. The van der Waals surface area contributed by atoms with Crippen molar-refractivity contribution in [3.63, 3.8) is 0 Å². The van der Waals surface area contributed by atoms with Crippen LogP contribution in [0.1, 0.15) is 63.3 Å². The van der Waals surface area contributed by atoms with E-state index in [1.807, 2.05) is 0 Å². The Bertz CT molecular complexity index is 345. The summed E-state index contributed by atoms with van der Waals surface area (Å²) in [5.74, 6) is 2.32. The average molecular weight is 208 g/mol. The molecule has 1 aliphatic carbocycles. The molecule has 15 heavy (non-hydrogen) atoms. The molecule has 0 atom stereocenters. The molecule has 0 amide bonds. The van der Waals surface area contributed by atoms with Crippen molar-refractivity contribution in [2.24, 2.45) is 5.73 Å². The van der Waals surface area contributed by atoms with Crippen molar-refractivity contribution in [1.29, 1.82) is 0 Å². The Morgan fingerprint density at radius 2 is 2.07 bits per heavy atom. The molecule has 3 nitrogen and oxygen atoms in total. The smallest absolute Gasteiger partial charge is 0.197 e. The van der Waals surface area contributed by atoms with E-state index in [1.165, 1.54) is 19.3 Å². The van der Waals surface area contributed by atoms with Crippen LogP contribution in [0.3, 0.4) is 0 Å². The molecule has 84 valence electrons. The van der Waals surface area contributed by atoms with Gasteiger partial charge in [-0.05, 0) is 12.8 Å². The maximum atomic E-state index is 5.76. The van der Waals surface area contributed by atoms with E-state index in [-0.39, 0.29) is 5.41 Å². The number of hydrogen-bond donors (Lipinski definition) is 1. The molecule has 1 heterocycles. The first-order valence-electron chi connectivity index (χ1n) is 5.72. The van der Waals surface area contributed by atoms with Crippen LogP contribution in [0.2, 0.25) is 0 Å². The summed E-state index contributed by atoms with van der Waals surface area (Å²) in [6, 6.07) is 0. The summed E-state index contributed by atoms with van der Waals surface area (Å²) in [5, 5.41) is 0. The predicted molar refractivity (Wildman–Crippen MR) is 59.7 cm³/mol. The maximum Gasteiger partial charge on any atom is 0.197 e. The maximum absolute atomic E-state index is 5.76. The van der Waals surface area contributed by atoms with Gasteiger partial charge >= 0.3 is 0 Å². The third kappa shape index (κ3) is 1.93. The Kier molecular flexibility index (Phi) is 2.59. The number of oxazole rings is 1. The molecule has 1 aliphatic rings. The fourth-order valence-electron chi connectivity index (χ4n) is 1.92. The van der Waals surface area contributed by atoms with Crippen LogP contribution in [0.5, 0.6) is 0 Å². The van der Waals surface area contributed by atoms with E-state index < -0.39 is 0 Å². The van der Waals surface area contributed by atoms with E-state index in [0.29, 0.717) is 12.5 Å². The summed E-state index contributed by atoms with van der Waals surface area (Å²) in [6.45, 7) is 6.89. The summed E-state index contributed by atoms with van der Waals surface area (Å²) in [4.78, 5) is 4.63. The van der Waals surface area contributed by atoms with Gasteiger partial charge in [0, 0.05) is 11.3 Å². The zero-order valence-corrected chi connectivity index (χ0v) is 9.84. The third-order valence-electron chi connectivity index (χ3n) is 3.06. The number of hydrogen-bond acceptors (Lipinski definition) is 3. The minimum atomic E-state index is 0.0280. The third-order valence-corrected chi connectivity index (χ3v) is 3.06. The van der Waals surface area contributed by atoms with E-state index in [0.717, 1.165) is 17.3 Å². The van der Waals surface area contributed by atoms with Crippen LogP contribution in [0.15, 0.2) is 4.42 Å².